The average molecular weight is 267 g/mol. The van der Waals surface area contributed by atoms with Gasteiger partial charge in [0.2, 0.25) is 0 Å². The van der Waals surface area contributed by atoms with Crippen LogP contribution in [0.15, 0.2) is 21.8 Å². The van der Waals surface area contributed by atoms with Crippen molar-refractivity contribution in [2.45, 2.75) is 33.2 Å². The van der Waals surface area contributed by atoms with Crippen molar-refractivity contribution in [2.75, 3.05) is 20.6 Å². The van der Waals surface area contributed by atoms with Crippen LogP contribution in [0, 0.1) is 5.92 Å². The van der Waals surface area contributed by atoms with Crippen LogP contribution in [0.1, 0.15) is 32.3 Å². The van der Waals surface area contributed by atoms with E-state index in [0.717, 1.165) is 25.0 Å². The Morgan fingerprint density at radius 1 is 1.44 bits per heavy atom. The number of hydrogen-bond donors (Lipinski definition) is 1. The lowest BCUT2D eigenvalue weighted by atomic mass is 10.0. The summed E-state index contributed by atoms with van der Waals surface area (Å²) in [7, 11) is 3.93. The monoisotopic (exact) mass is 267 g/mol. The van der Waals surface area contributed by atoms with E-state index in [9.17, 15) is 0 Å². The molecule has 1 aromatic rings. The number of aliphatic imine (C=N–C) groups is 1. The lowest BCUT2D eigenvalue weighted by Crippen LogP contribution is -2.40. The minimum Gasteiger partial charge on any atom is -0.356 e. The van der Waals surface area contributed by atoms with Crippen molar-refractivity contribution in [1.29, 1.82) is 0 Å². The van der Waals surface area contributed by atoms with E-state index in [1.165, 1.54) is 18.4 Å². The van der Waals surface area contributed by atoms with E-state index in [0.29, 0.717) is 0 Å². The maximum absolute atomic E-state index is 4.34. The highest BCUT2D eigenvalue weighted by atomic mass is 32.1. The summed E-state index contributed by atoms with van der Waals surface area (Å²) in [6.07, 6.45) is 2.43. The standard InChI is InChI=1S/C14H25N3S/c1-5-12(6-2)9-16-14(15-3)17(4)10-13-7-8-18-11-13/h7-8,11-12H,5-6,9-10H2,1-4H3,(H,15,16). The lowest BCUT2D eigenvalue weighted by Gasteiger charge is -2.23. The fourth-order valence-electron chi connectivity index (χ4n) is 1.93. The van der Waals surface area contributed by atoms with Crippen molar-refractivity contribution >= 4 is 17.3 Å². The van der Waals surface area contributed by atoms with Gasteiger partial charge in [0.15, 0.2) is 5.96 Å². The van der Waals surface area contributed by atoms with Gasteiger partial charge >= 0.3 is 0 Å². The summed E-state index contributed by atoms with van der Waals surface area (Å²) in [6, 6.07) is 2.16. The number of nitrogens with one attached hydrogen (secondary N) is 1. The maximum atomic E-state index is 4.34. The minimum atomic E-state index is 0.733. The predicted molar refractivity (Wildman–Crippen MR) is 81.2 cm³/mol. The molecule has 4 heteroatoms. The van der Waals surface area contributed by atoms with E-state index in [2.05, 4.69) is 52.9 Å². The minimum absolute atomic E-state index is 0.733. The third kappa shape index (κ3) is 4.69. The Morgan fingerprint density at radius 3 is 2.67 bits per heavy atom. The summed E-state index contributed by atoms with van der Waals surface area (Å²) in [6.45, 7) is 6.40. The van der Waals surface area contributed by atoms with Gasteiger partial charge in [0.05, 0.1) is 0 Å². The van der Waals surface area contributed by atoms with E-state index >= 15 is 0 Å². The van der Waals surface area contributed by atoms with Crippen molar-refractivity contribution in [3.63, 3.8) is 0 Å². The quantitative estimate of drug-likeness (QED) is 0.633. The zero-order valence-electron chi connectivity index (χ0n) is 11.9. The van der Waals surface area contributed by atoms with Crippen LogP contribution in [0.4, 0.5) is 0 Å². The van der Waals surface area contributed by atoms with Gasteiger partial charge in [-0.1, -0.05) is 26.7 Å². The van der Waals surface area contributed by atoms with Crippen LogP contribution in [0.2, 0.25) is 0 Å². The molecule has 0 aliphatic heterocycles. The zero-order valence-corrected chi connectivity index (χ0v) is 12.8. The van der Waals surface area contributed by atoms with Gasteiger partial charge in [0.25, 0.3) is 0 Å². The fraction of sp³-hybridized carbons (Fsp3) is 0.643. The Morgan fingerprint density at radius 2 is 2.17 bits per heavy atom. The molecule has 0 unspecified atom stereocenters. The predicted octanol–water partition coefficient (Wildman–Crippen LogP) is 3.19. The van der Waals surface area contributed by atoms with Crippen molar-refractivity contribution in [2.24, 2.45) is 10.9 Å². The molecule has 0 amide bonds. The van der Waals surface area contributed by atoms with E-state index < -0.39 is 0 Å². The molecular formula is C14H25N3S. The second-order valence-corrected chi connectivity index (χ2v) is 5.38. The molecule has 1 aromatic heterocycles. The molecule has 0 saturated heterocycles. The number of nitrogens with zero attached hydrogens (tertiary/aromatic N) is 2. The molecule has 0 fully saturated rings. The van der Waals surface area contributed by atoms with Crippen LogP contribution in [0.5, 0.6) is 0 Å². The van der Waals surface area contributed by atoms with Gasteiger partial charge in [-0.15, -0.1) is 0 Å². The molecule has 0 atom stereocenters. The Labute approximate surface area is 115 Å². The Balaban J connectivity index is 2.45. The van der Waals surface area contributed by atoms with Gasteiger partial charge in [0.1, 0.15) is 0 Å². The Kier molecular flexibility index (Phi) is 6.80. The van der Waals surface area contributed by atoms with Gasteiger partial charge in [0, 0.05) is 27.2 Å². The maximum Gasteiger partial charge on any atom is 0.193 e. The zero-order chi connectivity index (χ0) is 13.4. The van der Waals surface area contributed by atoms with E-state index in [-0.39, 0.29) is 0 Å². The third-order valence-electron chi connectivity index (χ3n) is 3.28. The first-order chi connectivity index (χ1) is 8.71. The van der Waals surface area contributed by atoms with Crippen LogP contribution in [-0.2, 0) is 6.54 Å². The second-order valence-electron chi connectivity index (χ2n) is 4.60. The van der Waals surface area contributed by atoms with Crippen molar-refractivity contribution in [1.82, 2.24) is 10.2 Å². The van der Waals surface area contributed by atoms with Crippen LogP contribution in [0.3, 0.4) is 0 Å². The summed E-state index contributed by atoms with van der Waals surface area (Å²) in [4.78, 5) is 6.51. The van der Waals surface area contributed by atoms with Crippen molar-refractivity contribution in [3.8, 4) is 0 Å². The third-order valence-corrected chi connectivity index (χ3v) is 4.01. The average Bonchev–Trinajstić information content (AvgIpc) is 2.87. The molecule has 1 heterocycles. The summed E-state index contributed by atoms with van der Waals surface area (Å²) in [5, 5.41) is 7.76. The molecule has 1 N–H and O–H groups in total. The normalized spacial score (nSPS) is 11.9. The Hall–Kier alpha value is -1.03. The molecule has 0 saturated carbocycles. The number of rotatable bonds is 6. The molecule has 3 nitrogen and oxygen atoms in total. The summed E-state index contributed by atoms with van der Waals surface area (Å²) in [5.41, 5.74) is 1.34. The van der Waals surface area contributed by atoms with Gasteiger partial charge in [-0.05, 0) is 28.3 Å². The smallest absolute Gasteiger partial charge is 0.193 e. The molecule has 18 heavy (non-hydrogen) atoms. The summed E-state index contributed by atoms with van der Waals surface area (Å²) < 4.78 is 0. The molecule has 0 aromatic carbocycles. The van der Waals surface area contributed by atoms with Gasteiger partial charge in [-0.25, -0.2) is 0 Å². The van der Waals surface area contributed by atoms with Crippen LogP contribution in [-0.4, -0.2) is 31.5 Å². The number of hydrogen-bond acceptors (Lipinski definition) is 2. The first-order valence-electron chi connectivity index (χ1n) is 6.64. The first kappa shape index (κ1) is 15.0. The second kappa shape index (κ2) is 8.14. The highest BCUT2D eigenvalue weighted by Gasteiger charge is 2.09. The van der Waals surface area contributed by atoms with E-state index in [4.69, 9.17) is 0 Å². The van der Waals surface area contributed by atoms with E-state index in [1.807, 2.05) is 7.05 Å². The first-order valence-corrected chi connectivity index (χ1v) is 7.58. The van der Waals surface area contributed by atoms with E-state index in [1.54, 1.807) is 11.3 Å². The van der Waals surface area contributed by atoms with Crippen LogP contribution >= 0.6 is 11.3 Å². The summed E-state index contributed by atoms with van der Waals surface area (Å²) >= 11 is 1.74. The SMILES string of the molecule is CCC(CC)CNC(=NC)N(C)Cc1ccsc1. The molecule has 0 bridgehead atoms. The highest BCUT2D eigenvalue weighted by molar-refractivity contribution is 7.07. The highest BCUT2D eigenvalue weighted by Crippen LogP contribution is 2.09. The molecule has 0 spiro atoms. The largest absolute Gasteiger partial charge is 0.356 e. The molecule has 102 valence electrons. The molecule has 0 aliphatic rings. The van der Waals surface area contributed by atoms with Crippen LogP contribution < -0.4 is 5.32 Å². The molecule has 0 radical (unpaired) electrons. The van der Waals surface area contributed by atoms with Gasteiger partial charge in [-0.2, -0.15) is 11.3 Å². The van der Waals surface area contributed by atoms with Gasteiger partial charge in [-0.3, -0.25) is 4.99 Å². The fourth-order valence-corrected chi connectivity index (χ4v) is 2.59. The Bertz CT molecular complexity index is 342. The van der Waals surface area contributed by atoms with Crippen molar-refractivity contribution in [3.05, 3.63) is 22.4 Å². The summed E-state index contributed by atoms with van der Waals surface area (Å²) in [5.74, 6) is 1.71. The lowest BCUT2D eigenvalue weighted by molar-refractivity contribution is 0.441. The number of guanidine groups is 1. The van der Waals surface area contributed by atoms with Crippen LogP contribution in [0.25, 0.3) is 0 Å². The van der Waals surface area contributed by atoms with Gasteiger partial charge < -0.3 is 10.2 Å². The number of thiophene rings is 1. The molecular weight excluding hydrogens is 242 g/mol. The van der Waals surface area contributed by atoms with Crippen molar-refractivity contribution < 1.29 is 0 Å². The molecule has 1 rings (SSSR count). The topological polar surface area (TPSA) is 27.6 Å². The molecule has 0 aliphatic carbocycles.